The van der Waals surface area contributed by atoms with Crippen molar-refractivity contribution < 1.29 is 4.79 Å². The Bertz CT molecular complexity index is 1300. The van der Waals surface area contributed by atoms with Crippen LogP contribution in [0.2, 0.25) is 0 Å². The van der Waals surface area contributed by atoms with Crippen molar-refractivity contribution in [1.82, 2.24) is 24.5 Å². The first-order valence-corrected chi connectivity index (χ1v) is 10.8. The molecule has 4 aromatic rings. The lowest BCUT2D eigenvalue weighted by Gasteiger charge is -2.15. The first-order chi connectivity index (χ1) is 15.5. The van der Waals surface area contributed by atoms with Gasteiger partial charge >= 0.3 is 0 Å². The van der Waals surface area contributed by atoms with Crippen LogP contribution in [0.25, 0.3) is 17.2 Å². The number of carbonyl (C=O) groups is 1. The molecular formula is C25H27N5O2. The van der Waals surface area contributed by atoms with Crippen LogP contribution >= 0.6 is 0 Å². The van der Waals surface area contributed by atoms with Crippen LogP contribution < -0.4 is 10.9 Å². The zero-order valence-corrected chi connectivity index (χ0v) is 18.6. The monoisotopic (exact) mass is 429 g/mol. The normalized spacial score (nSPS) is 11.1. The summed E-state index contributed by atoms with van der Waals surface area (Å²) >= 11 is 0. The Morgan fingerprint density at radius 2 is 1.75 bits per heavy atom. The fourth-order valence-electron chi connectivity index (χ4n) is 3.69. The summed E-state index contributed by atoms with van der Waals surface area (Å²) in [6, 6.07) is 17.7. The van der Waals surface area contributed by atoms with Crippen LogP contribution in [0.5, 0.6) is 0 Å². The van der Waals surface area contributed by atoms with Gasteiger partial charge in [-0.25, -0.2) is 0 Å². The molecule has 0 fully saturated rings. The Morgan fingerprint density at radius 1 is 1.03 bits per heavy atom. The molecule has 0 aliphatic heterocycles. The zero-order chi connectivity index (χ0) is 22.7. The van der Waals surface area contributed by atoms with Crippen LogP contribution in [0.3, 0.4) is 0 Å². The lowest BCUT2D eigenvalue weighted by Crippen LogP contribution is -2.32. The van der Waals surface area contributed by atoms with E-state index in [4.69, 9.17) is 0 Å². The van der Waals surface area contributed by atoms with Gasteiger partial charge in [0.05, 0.1) is 0 Å². The topological polar surface area (TPSA) is 81.3 Å². The lowest BCUT2D eigenvalue weighted by molar-refractivity contribution is -0.121. The van der Waals surface area contributed by atoms with Crippen molar-refractivity contribution in [2.45, 2.75) is 40.2 Å². The van der Waals surface area contributed by atoms with Crippen LogP contribution in [0, 0.1) is 13.8 Å². The van der Waals surface area contributed by atoms with Gasteiger partial charge in [-0.3, -0.25) is 9.59 Å². The van der Waals surface area contributed by atoms with Gasteiger partial charge in [-0.2, -0.15) is 9.50 Å². The summed E-state index contributed by atoms with van der Waals surface area (Å²) in [6.07, 6.45) is 1.31. The van der Waals surface area contributed by atoms with Gasteiger partial charge in [-0.15, -0.1) is 5.10 Å². The van der Waals surface area contributed by atoms with Crippen molar-refractivity contribution in [2.75, 3.05) is 6.54 Å². The quantitative estimate of drug-likeness (QED) is 0.489. The minimum atomic E-state index is -0.211. The Morgan fingerprint density at radius 3 is 2.44 bits per heavy atom. The third-order valence-electron chi connectivity index (χ3n) is 5.53. The molecule has 164 valence electrons. The second-order valence-electron chi connectivity index (χ2n) is 7.98. The zero-order valence-electron chi connectivity index (χ0n) is 18.6. The maximum Gasteiger partial charge on any atom is 0.279 e. The van der Waals surface area contributed by atoms with E-state index in [0.29, 0.717) is 30.1 Å². The fraction of sp³-hybridized carbons (Fsp3) is 0.280. The average molecular weight is 430 g/mol. The summed E-state index contributed by atoms with van der Waals surface area (Å²) in [5.74, 6) is 0.707. The number of aromatic nitrogens is 4. The molecule has 0 saturated carbocycles. The molecule has 0 unspecified atom stereocenters. The van der Waals surface area contributed by atoms with Crippen LogP contribution in [0.4, 0.5) is 0 Å². The van der Waals surface area contributed by atoms with Crippen molar-refractivity contribution >= 4 is 11.7 Å². The highest BCUT2D eigenvalue weighted by molar-refractivity contribution is 5.76. The van der Waals surface area contributed by atoms with E-state index >= 15 is 0 Å². The van der Waals surface area contributed by atoms with Crippen LogP contribution in [0.1, 0.15) is 35.7 Å². The number of hydrogen-bond donors (Lipinski definition) is 1. The molecule has 0 aliphatic rings. The van der Waals surface area contributed by atoms with Gasteiger partial charge in [0.25, 0.3) is 5.56 Å². The molecule has 2 aromatic heterocycles. The van der Waals surface area contributed by atoms with Gasteiger partial charge in [0.2, 0.25) is 11.7 Å². The summed E-state index contributed by atoms with van der Waals surface area (Å²) in [7, 11) is 0. The molecule has 1 N–H and O–H groups in total. The van der Waals surface area contributed by atoms with E-state index in [1.807, 2.05) is 75.4 Å². The SMILES string of the molecule is CCCNC(=O)Cn1c(C)c(Cc2ccccc2)c(=O)n2nc(-c3ccc(C)cc3)nc12. The Labute approximate surface area is 186 Å². The molecule has 0 saturated heterocycles. The first kappa shape index (κ1) is 21.5. The highest BCUT2D eigenvalue weighted by Crippen LogP contribution is 2.19. The summed E-state index contributed by atoms with van der Waals surface area (Å²) in [6.45, 7) is 6.56. The second kappa shape index (κ2) is 9.18. The number of aryl methyl sites for hydroxylation is 1. The number of hydrogen-bond acceptors (Lipinski definition) is 4. The second-order valence-corrected chi connectivity index (χ2v) is 7.98. The van der Waals surface area contributed by atoms with Crippen LogP contribution in [-0.4, -0.2) is 31.6 Å². The van der Waals surface area contributed by atoms with E-state index < -0.39 is 0 Å². The summed E-state index contributed by atoms with van der Waals surface area (Å²) in [5, 5.41) is 7.43. The first-order valence-electron chi connectivity index (χ1n) is 10.8. The van der Waals surface area contributed by atoms with Gasteiger partial charge in [-0.05, 0) is 25.8 Å². The molecule has 2 heterocycles. The number of benzene rings is 2. The van der Waals surface area contributed by atoms with Crippen LogP contribution in [0.15, 0.2) is 59.4 Å². The van der Waals surface area contributed by atoms with Crippen molar-refractivity contribution in [3.8, 4) is 11.4 Å². The predicted octanol–water partition coefficient (Wildman–Crippen LogP) is 3.29. The molecule has 0 atom stereocenters. The van der Waals surface area contributed by atoms with E-state index in [1.165, 1.54) is 4.52 Å². The molecule has 1 amide bonds. The number of nitrogens with one attached hydrogen (secondary N) is 1. The van der Waals surface area contributed by atoms with E-state index in [-0.39, 0.29) is 18.0 Å². The third-order valence-corrected chi connectivity index (χ3v) is 5.53. The minimum absolute atomic E-state index is 0.0729. The van der Waals surface area contributed by atoms with Gasteiger partial charge in [0.15, 0.2) is 5.82 Å². The molecule has 0 radical (unpaired) electrons. The molecule has 4 rings (SSSR count). The van der Waals surface area contributed by atoms with E-state index in [2.05, 4.69) is 15.4 Å². The number of carbonyl (C=O) groups excluding carboxylic acids is 1. The molecule has 7 heteroatoms. The van der Waals surface area contributed by atoms with Crippen molar-refractivity contribution in [3.05, 3.63) is 87.3 Å². The minimum Gasteiger partial charge on any atom is -0.355 e. The third kappa shape index (κ3) is 4.32. The number of amides is 1. The predicted molar refractivity (Wildman–Crippen MR) is 125 cm³/mol. The Kier molecular flexibility index (Phi) is 6.16. The molecule has 32 heavy (non-hydrogen) atoms. The number of nitrogens with zero attached hydrogens (tertiary/aromatic N) is 4. The van der Waals surface area contributed by atoms with Gasteiger partial charge in [0, 0.05) is 29.8 Å². The van der Waals surface area contributed by atoms with E-state index in [1.54, 1.807) is 4.57 Å². The van der Waals surface area contributed by atoms with Gasteiger partial charge in [-0.1, -0.05) is 67.1 Å². The maximum atomic E-state index is 13.4. The largest absolute Gasteiger partial charge is 0.355 e. The lowest BCUT2D eigenvalue weighted by atomic mass is 10.0. The van der Waals surface area contributed by atoms with Crippen molar-refractivity contribution in [1.29, 1.82) is 0 Å². The Hall–Kier alpha value is -3.74. The summed E-state index contributed by atoms with van der Waals surface area (Å²) < 4.78 is 3.11. The molecule has 7 nitrogen and oxygen atoms in total. The van der Waals surface area contributed by atoms with E-state index in [0.717, 1.165) is 28.8 Å². The van der Waals surface area contributed by atoms with E-state index in [9.17, 15) is 9.59 Å². The molecule has 0 aliphatic carbocycles. The highest BCUT2D eigenvalue weighted by Gasteiger charge is 2.20. The summed E-state index contributed by atoms with van der Waals surface area (Å²) in [5.41, 5.74) is 4.09. The van der Waals surface area contributed by atoms with Gasteiger partial charge < -0.3 is 9.88 Å². The average Bonchev–Trinajstić information content (AvgIpc) is 3.25. The van der Waals surface area contributed by atoms with Gasteiger partial charge in [0.1, 0.15) is 6.54 Å². The highest BCUT2D eigenvalue weighted by atomic mass is 16.2. The Balaban J connectivity index is 1.87. The fourth-order valence-corrected chi connectivity index (χ4v) is 3.69. The number of fused-ring (bicyclic) bond motifs is 1. The van der Waals surface area contributed by atoms with Crippen molar-refractivity contribution in [3.63, 3.8) is 0 Å². The molecule has 2 aromatic carbocycles. The standard InChI is InChI=1S/C25H27N5O2/c1-4-14-26-22(31)16-29-18(3)21(15-19-8-6-5-7-9-19)24(32)30-25(29)27-23(28-30)20-12-10-17(2)11-13-20/h5-13H,4,14-16H2,1-3H3,(H,26,31). The van der Waals surface area contributed by atoms with Crippen molar-refractivity contribution in [2.24, 2.45) is 0 Å². The smallest absolute Gasteiger partial charge is 0.279 e. The molecule has 0 bridgehead atoms. The maximum absolute atomic E-state index is 13.4. The molecular weight excluding hydrogens is 402 g/mol. The number of rotatable bonds is 7. The summed E-state index contributed by atoms with van der Waals surface area (Å²) in [4.78, 5) is 30.6. The van der Waals surface area contributed by atoms with Crippen LogP contribution in [-0.2, 0) is 17.8 Å². The molecule has 0 spiro atoms.